The number of rotatable bonds is 3. The standard InChI is InChI=1S/C14H20N2O2.ClH/c1-3-11-4-6-12(7-5-11)16-14(17)13-10(2)18-9-8-15-13;/h4-7,10,13,15H,3,8-9H2,1-2H3,(H,16,17);1H/t10-,13+;/m1./s1. The average molecular weight is 285 g/mol. The summed E-state index contributed by atoms with van der Waals surface area (Å²) in [6.07, 6.45) is 0.914. The van der Waals surface area contributed by atoms with Crippen LogP contribution in [0.1, 0.15) is 19.4 Å². The summed E-state index contributed by atoms with van der Waals surface area (Å²) in [6, 6.07) is 7.66. The number of aryl methyl sites for hydroxylation is 1. The molecule has 0 radical (unpaired) electrons. The highest BCUT2D eigenvalue weighted by Crippen LogP contribution is 2.12. The first-order valence-electron chi connectivity index (χ1n) is 6.45. The lowest BCUT2D eigenvalue weighted by Crippen LogP contribution is -2.53. The summed E-state index contributed by atoms with van der Waals surface area (Å²) < 4.78 is 5.46. The zero-order chi connectivity index (χ0) is 13.0. The number of carbonyl (C=O) groups is 1. The van der Waals surface area contributed by atoms with Crippen LogP contribution < -0.4 is 10.6 Å². The Labute approximate surface area is 120 Å². The average Bonchev–Trinajstić information content (AvgIpc) is 2.40. The fourth-order valence-corrected chi connectivity index (χ4v) is 2.07. The summed E-state index contributed by atoms with van der Waals surface area (Å²) in [5.41, 5.74) is 2.09. The first kappa shape index (κ1) is 16.0. The fraction of sp³-hybridized carbons (Fsp3) is 0.500. The van der Waals surface area contributed by atoms with E-state index in [0.29, 0.717) is 6.61 Å². The maximum atomic E-state index is 12.1. The van der Waals surface area contributed by atoms with Crippen molar-refractivity contribution in [3.05, 3.63) is 29.8 Å². The van der Waals surface area contributed by atoms with Gasteiger partial charge in [-0.2, -0.15) is 0 Å². The van der Waals surface area contributed by atoms with E-state index in [1.807, 2.05) is 31.2 Å². The van der Waals surface area contributed by atoms with Crippen LogP contribution in [0.4, 0.5) is 5.69 Å². The molecule has 0 unspecified atom stereocenters. The molecule has 0 aromatic heterocycles. The first-order valence-corrected chi connectivity index (χ1v) is 6.45. The van der Waals surface area contributed by atoms with E-state index < -0.39 is 0 Å². The van der Waals surface area contributed by atoms with Gasteiger partial charge in [0.15, 0.2) is 0 Å². The van der Waals surface area contributed by atoms with Gasteiger partial charge in [-0.3, -0.25) is 4.79 Å². The van der Waals surface area contributed by atoms with Gasteiger partial charge in [0, 0.05) is 12.2 Å². The molecule has 106 valence electrons. The zero-order valence-corrected chi connectivity index (χ0v) is 12.1. The lowest BCUT2D eigenvalue weighted by atomic mass is 10.1. The van der Waals surface area contributed by atoms with Gasteiger partial charge in [0.25, 0.3) is 0 Å². The minimum atomic E-state index is -0.274. The van der Waals surface area contributed by atoms with Crippen molar-refractivity contribution in [3.8, 4) is 0 Å². The molecule has 2 N–H and O–H groups in total. The van der Waals surface area contributed by atoms with Crippen molar-refractivity contribution in [2.45, 2.75) is 32.4 Å². The SMILES string of the molecule is CCc1ccc(NC(=O)[C@H]2NCCO[C@@H]2C)cc1.Cl. The number of hydrogen-bond acceptors (Lipinski definition) is 3. The Hall–Kier alpha value is -1.10. The summed E-state index contributed by atoms with van der Waals surface area (Å²) >= 11 is 0. The number of ether oxygens (including phenoxy) is 1. The van der Waals surface area contributed by atoms with Gasteiger partial charge in [0.1, 0.15) is 6.04 Å². The number of benzene rings is 1. The van der Waals surface area contributed by atoms with E-state index in [1.165, 1.54) is 5.56 Å². The molecular formula is C14H21ClN2O2. The van der Waals surface area contributed by atoms with Gasteiger partial charge in [-0.05, 0) is 31.0 Å². The highest BCUT2D eigenvalue weighted by Gasteiger charge is 2.28. The van der Waals surface area contributed by atoms with Crippen LogP contribution in [0.15, 0.2) is 24.3 Å². The molecule has 5 heteroatoms. The molecule has 0 saturated carbocycles. The van der Waals surface area contributed by atoms with Crippen LogP contribution in [0.25, 0.3) is 0 Å². The minimum absolute atomic E-state index is 0. The van der Waals surface area contributed by atoms with Crippen molar-refractivity contribution in [1.82, 2.24) is 5.32 Å². The number of amides is 1. The van der Waals surface area contributed by atoms with Crippen molar-refractivity contribution >= 4 is 24.0 Å². The first-order chi connectivity index (χ1) is 8.70. The van der Waals surface area contributed by atoms with Crippen molar-refractivity contribution < 1.29 is 9.53 Å². The van der Waals surface area contributed by atoms with Gasteiger partial charge < -0.3 is 15.4 Å². The predicted octanol–water partition coefficient (Wildman–Crippen LogP) is 1.99. The Morgan fingerprint density at radius 3 is 2.68 bits per heavy atom. The van der Waals surface area contributed by atoms with Crippen LogP contribution in [0.2, 0.25) is 0 Å². The number of carbonyl (C=O) groups excluding carboxylic acids is 1. The maximum Gasteiger partial charge on any atom is 0.244 e. The van der Waals surface area contributed by atoms with Gasteiger partial charge in [0.2, 0.25) is 5.91 Å². The van der Waals surface area contributed by atoms with Crippen molar-refractivity contribution in [2.24, 2.45) is 0 Å². The number of hydrogen-bond donors (Lipinski definition) is 2. The summed E-state index contributed by atoms with van der Waals surface area (Å²) in [4.78, 5) is 12.1. The molecule has 1 aliphatic heterocycles. The Kier molecular flexibility index (Phi) is 6.28. The Balaban J connectivity index is 0.00000180. The second-order valence-electron chi connectivity index (χ2n) is 4.55. The second kappa shape index (κ2) is 7.48. The molecule has 0 aliphatic carbocycles. The number of anilines is 1. The predicted molar refractivity (Wildman–Crippen MR) is 78.9 cm³/mol. The third-order valence-corrected chi connectivity index (χ3v) is 3.23. The van der Waals surface area contributed by atoms with E-state index >= 15 is 0 Å². The Morgan fingerprint density at radius 2 is 2.11 bits per heavy atom. The van der Waals surface area contributed by atoms with Gasteiger partial charge in [-0.15, -0.1) is 12.4 Å². The van der Waals surface area contributed by atoms with Crippen LogP contribution in [0.5, 0.6) is 0 Å². The molecule has 2 atom stereocenters. The highest BCUT2D eigenvalue weighted by atomic mass is 35.5. The van der Waals surface area contributed by atoms with Crippen LogP contribution in [0.3, 0.4) is 0 Å². The molecule has 4 nitrogen and oxygen atoms in total. The minimum Gasteiger partial charge on any atom is -0.375 e. The summed E-state index contributed by atoms with van der Waals surface area (Å²) in [7, 11) is 0. The largest absolute Gasteiger partial charge is 0.375 e. The molecule has 0 spiro atoms. The number of morpholine rings is 1. The molecule has 1 amide bonds. The lowest BCUT2D eigenvalue weighted by Gasteiger charge is -2.29. The molecule has 1 fully saturated rings. The molecule has 1 aliphatic rings. The van der Waals surface area contributed by atoms with Gasteiger partial charge in [-0.25, -0.2) is 0 Å². The Morgan fingerprint density at radius 1 is 1.42 bits per heavy atom. The molecule has 1 aromatic carbocycles. The third-order valence-electron chi connectivity index (χ3n) is 3.23. The number of halogens is 1. The zero-order valence-electron chi connectivity index (χ0n) is 11.3. The van der Waals surface area contributed by atoms with Gasteiger partial charge >= 0.3 is 0 Å². The maximum absolute atomic E-state index is 12.1. The van der Waals surface area contributed by atoms with E-state index in [0.717, 1.165) is 18.7 Å². The molecule has 1 heterocycles. The van der Waals surface area contributed by atoms with Gasteiger partial charge in [0.05, 0.1) is 12.7 Å². The topological polar surface area (TPSA) is 50.4 Å². The Bertz CT molecular complexity index is 408. The van der Waals surface area contributed by atoms with E-state index in [1.54, 1.807) is 0 Å². The van der Waals surface area contributed by atoms with Crippen LogP contribution in [-0.2, 0) is 16.0 Å². The summed E-state index contributed by atoms with van der Waals surface area (Å²) in [5.74, 6) is -0.0357. The summed E-state index contributed by atoms with van der Waals surface area (Å²) in [6.45, 7) is 5.41. The van der Waals surface area contributed by atoms with E-state index in [-0.39, 0.29) is 30.5 Å². The van der Waals surface area contributed by atoms with E-state index in [2.05, 4.69) is 17.6 Å². The van der Waals surface area contributed by atoms with Crippen LogP contribution >= 0.6 is 12.4 Å². The quantitative estimate of drug-likeness (QED) is 0.892. The molecule has 0 bridgehead atoms. The molecule has 1 saturated heterocycles. The summed E-state index contributed by atoms with van der Waals surface area (Å²) in [5, 5.41) is 6.09. The fourth-order valence-electron chi connectivity index (χ4n) is 2.07. The highest BCUT2D eigenvalue weighted by molar-refractivity contribution is 5.95. The van der Waals surface area contributed by atoms with Crippen LogP contribution in [0, 0.1) is 0 Å². The van der Waals surface area contributed by atoms with Crippen molar-refractivity contribution in [1.29, 1.82) is 0 Å². The molecule has 2 rings (SSSR count). The molecule has 19 heavy (non-hydrogen) atoms. The number of nitrogens with one attached hydrogen (secondary N) is 2. The second-order valence-corrected chi connectivity index (χ2v) is 4.55. The monoisotopic (exact) mass is 284 g/mol. The van der Waals surface area contributed by atoms with Crippen molar-refractivity contribution in [2.75, 3.05) is 18.5 Å². The van der Waals surface area contributed by atoms with Crippen molar-refractivity contribution in [3.63, 3.8) is 0 Å². The molecular weight excluding hydrogens is 264 g/mol. The van der Waals surface area contributed by atoms with Crippen LogP contribution in [-0.4, -0.2) is 31.2 Å². The van der Waals surface area contributed by atoms with E-state index in [9.17, 15) is 4.79 Å². The molecule has 1 aromatic rings. The smallest absolute Gasteiger partial charge is 0.244 e. The van der Waals surface area contributed by atoms with E-state index in [4.69, 9.17) is 4.74 Å². The normalized spacial score (nSPS) is 22.4. The van der Waals surface area contributed by atoms with Gasteiger partial charge in [-0.1, -0.05) is 19.1 Å². The lowest BCUT2D eigenvalue weighted by molar-refractivity contribution is -0.123. The third kappa shape index (κ3) is 4.20.